The molecule has 1 aliphatic carbocycles. The number of anilines is 1. The second kappa shape index (κ2) is 4.53. The van der Waals surface area contributed by atoms with Gasteiger partial charge in [0, 0.05) is 11.7 Å². The summed E-state index contributed by atoms with van der Waals surface area (Å²) in [5.74, 6) is -0.188. The van der Waals surface area contributed by atoms with Crippen LogP contribution in [0.25, 0.3) is 0 Å². The molecule has 0 amide bonds. The molecule has 1 fully saturated rings. The van der Waals surface area contributed by atoms with Crippen LogP contribution in [-0.2, 0) is 14.9 Å². The second-order valence-electron chi connectivity index (χ2n) is 6.37. The third kappa shape index (κ3) is 2.73. The van der Waals surface area contributed by atoms with Crippen LogP contribution in [0.3, 0.4) is 0 Å². The van der Waals surface area contributed by atoms with Gasteiger partial charge in [0.1, 0.15) is 5.60 Å². The maximum atomic E-state index is 12.5. The number of esters is 1. The molecule has 19 heavy (non-hydrogen) atoms. The van der Waals surface area contributed by atoms with Gasteiger partial charge in [0.2, 0.25) is 0 Å². The SMILES string of the molecule is CC(C)(C)OC(=O)C1(c2ccc(N)cc2)CC(N)C1. The highest BCUT2D eigenvalue weighted by Gasteiger charge is 2.52. The van der Waals surface area contributed by atoms with E-state index in [1.807, 2.05) is 45.0 Å². The van der Waals surface area contributed by atoms with Crippen LogP contribution < -0.4 is 11.5 Å². The van der Waals surface area contributed by atoms with Crippen molar-refractivity contribution in [3.8, 4) is 0 Å². The fourth-order valence-electron chi connectivity index (χ4n) is 2.53. The first-order chi connectivity index (χ1) is 8.73. The average molecular weight is 262 g/mol. The lowest BCUT2D eigenvalue weighted by Crippen LogP contribution is -2.55. The van der Waals surface area contributed by atoms with Gasteiger partial charge in [-0.3, -0.25) is 4.79 Å². The molecule has 104 valence electrons. The smallest absolute Gasteiger partial charge is 0.317 e. The molecule has 0 saturated heterocycles. The van der Waals surface area contributed by atoms with E-state index in [9.17, 15) is 4.79 Å². The Morgan fingerprint density at radius 3 is 2.21 bits per heavy atom. The van der Waals surface area contributed by atoms with Crippen LogP contribution in [-0.4, -0.2) is 17.6 Å². The quantitative estimate of drug-likeness (QED) is 0.631. The van der Waals surface area contributed by atoms with Gasteiger partial charge >= 0.3 is 5.97 Å². The zero-order valence-electron chi connectivity index (χ0n) is 11.8. The summed E-state index contributed by atoms with van der Waals surface area (Å²) in [5, 5.41) is 0. The summed E-state index contributed by atoms with van der Waals surface area (Å²) in [6, 6.07) is 7.47. The predicted molar refractivity (Wildman–Crippen MR) is 75.6 cm³/mol. The van der Waals surface area contributed by atoms with Gasteiger partial charge in [0.15, 0.2) is 0 Å². The van der Waals surface area contributed by atoms with E-state index < -0.39 is 11.0 Å². The molecule has 0 radical (unpaired) electrons. The van der Waals surface area contributed by atoms with E-state index in [0.717, 1.165) is 5.56 Å². The maximum Gasteiger partial charge on any atom is 0.317 e. The summed E-state index contributed by atoms with van der Waals surface area (Å²) in [6.07, 6.45) is 1.26. The Labute approximate surface area is 114 Å². The molecule has 1 aliphatic rings. The van der Waals surface area contributed by atoms with Crippen molar-refractivity contribution in [3.05, 3.63) is 29.8 Å². The molecule has 0 aromatic heterocycles. The molecule has 0 heterocycles. The number of hydrogen-bond donors (Lipinski definition) is 2. The van der Waals surface area contributed by atoms with Crippen molar-refractivity contribution in [2.75, 3.05) is 5.73 Å². The lowest BCUT2D eigenvalue weighted by Gasteiger charge is -2.45. The number of carbonyl (C=O) groups excluding carboxylic acids is 1. The topological polar surface area (TPSA) is 78.3 Å². The van der Waals surface area contributed by atoms with Gasteiger partial charge in [0.25, 0.3) is 0 Å². The molecule has 4 nitrogen and oxygen atoms in total. The first-order valence-corrected chi connectivity index (χ1v) is 6.58. The molecule has 2 rings (SSSR count). The number of ether oxygens (including phenoxy) is 1. The largest absolute Gasteiger partial charge is 0.459 e. The van der Waals surface area contributed by atoms with Crippen molar-refractivity contribution in [2.45, 2.75) is 50.7 Å². The molecule has 4 N–H and O–H groups in total. The van der Waals surface area contributed by atoms with E-state index in [-0.39, 0.29) is 12.0 Å². The minimum Gasteiger partial charge on any atom is -0.459 e. The number of rotatable bonds is 2. The van der Waals surface area contributed by atoms with Crippen molar-refractivity contribution < 1.29 is 9.53 Å². The number of nitrogens with two attached hydrogens (primary N) is 2. The minimum absolute atomic E-state index is 0.0603. The van der Waals surface area contributed by atoms with Gasteiger partial charge in [-0.2, -0.15) is 0 Å². The van der Waals surface area contributed by atoms with Crippen molar-refractivity contribution in [3.63, 3.8) is 0 Å². The molecule has 0 atom stereocenters. The molecular weight excluding hydrogens is 240 g/mol. The third-order valence-corrected chi connectivity index (χ3v) is 3.47. The zero-order valence-corrected chi connectivity index (χ0v) is 11.8. The van der Waals surface area contributed by atoms with Gasteiger partial charge in [-0.25, -0.2) is 0 Å². The first kappa shape index (κ1) is 13.9. The van der Waals surface area contributed by atoms with Crippen LogP contribution in [0.2, 0.25) is 0 Å². The second-order valence-corrected chi connectivity index (χ2v) is 6.37. The van der Waals surface area contributed by atoms with E-state index in [1.165, 1.54) is 0 Å². The summed E-state index contributed by atoms with van der Waals surface area (Å²) in [4.78, 5) is 12.5. The van der Waals surface area contributed by atoms with Crippen LogP contribution in [0.15, 0.2) is 24.3 Å². The van der Waals surface area contributed by atoms with Gasteiger partial charge in [0.05, 0.1) is 5.41 Å². The third-order valence-electron chi connectivity index (χ3n) is 3.47. The number of carbonyl (C=O) groups is 1. The number of nitrogen functional groups attached to an aromatic ring is 1. The Morgan fingerprint density at radius 1 is 1.26 bits per heavy atom. The molecule has 1 aromatic carbocycles. The molecule has 0 spiro atoms. The zero-order chi connectivity index (χ0) is 14.3. The van der Waals surface area contributed by atoms with Gasteiger partial charge < -0.3 is 16.2 Å². The highest BCUT2D eigenvalue weighted by atomic mass is 16.6. The van der Waals surface area contributed by atoms with Gasteiger partial charge in [-0.05, 0) is 51.3 Å². The average Bonchev–Trinajstić information content (AvgIpc) is 2.23. The lowest BCUT2D eigenvalue weighted by atomic mass is 9.61. The van der Waals surface area contributed by atoms with Crippen LogP contribution in [0.4, 0.5) is 5.69 Å². The fourth-order valence-corrected chi connectivity index (χ4v) is 2.53. The highest BCUT2D eigenvalue weighted by molar-refractivity contribution is 5.85. The normalized spacial score (nSPS) is 26.6. The molecule has 0 bridgehead atoms. The fraction of sp³-hybridized carbons (Fsp3) is 0.533. The lowest BCUT2D eigenvalue weighted by molar-refractivity contribution is -0.166. The van der Waals surface area contributed by atoms with Crippen molar-refractivity contribution in [1.82, 2.24) is 0 Å². The molecule has 1 aromatic rings. The summed E-state index contributed by atoms with van der Waals surface area (Å²) in [6.45, 7) is 5.63. The van der Waals surface area contributed by atoms with Crippen molar-refractivity contribution in [2.24, 2.45) is 5.73 Å². The summed E-state index contributed by atoms with van der Waals surface area (Å²) in [7, 11) is 0. The molecule has 0 aliphatic heterocycles. The van der Waals surface area contributed by atoms with E-state index in [4.69, 9.17) is 16.2 Å². The Balaban J connectivity index is 2.28. The van der Waals surface area contributed by atoms with Crippen LogP contribution in [0, 0.1) is 0 Å². The Kier molecular flexibility index (Phi) is 3.31. The van der Waals surface area contributed by atoms with Gasteiger partial charge in [-0.1, -0.05) is 12.1 Å². The first-order valence-electron chi connectivity index (χ1n) is 6.58. The minimum atomic E-state index is -0.597. The summed E-state index contributed by atoms with van der Waals surface area (Å²) >= 11 is 0. The Bertz CT molecular complexity index is 468. The molecule has 4 heteroatoms. The Hall–Kier alpha value is -1.55. The molecular formula is C15H22N2O2. The van der Waals surface area contributed by atoms with Crippen LogP contribution in [0.1, 0.15) is 39.2 Å². The Morgan fingerprint density at radius 2 is 1.79 bits per heavy atom. The maximum absolute atomic E-state index is 12.5. The number of benzene rings is 1. The monoisotopic (exact) mass is 262 g/mol. The van der Waals surface area contributed by atoms with Crippen LogP contribution >= 0.6 is 0 Å². The van der Waals surface area contributed by atoms with Crippen LogP contribution in [0.5, 0.6) is 0 Å². The predicted octanol–water partition coefficient (Wildman–Crippen LogP) is 1.97. The highest BCUT2D eigenvalue weighted by Crippen LogP contribution is 2.45. The summed E-state index contributed by atoms with van der Waals surface area (Å²) < 4.78 is 5.55. The van der Waals surface area contributed by atoms with E-state index in [0.29, 0.717) is 18.5 Å². The van der Waals surface area contributed by atoms with E-state index in [2.05, 4.69) is 0 Å². The molecule has 0 unspecified atom stereocenters. The van der Waals surface area contributed by atoms with Crippen molar-refractivity contribution in [1.29, 1.82) is 0 Å². The van der Waals surface area contributed by atoms with E-state index >= 15 is 0 Å². The summed E-state index contributed by atoms with van der Waals surface area (Å²) in [5.41, 5.74) is 12.1. The van der Waals surface area contributed by atoms with Gasteiger partial charge in [-0.15, -0.1) is 0 Å². The standard InChI is InChI=1S/C15H22N2O2/c1-14(2,3)19-13(18)15(8-12(17)9-15)10-4-6-11(16)7-5-10/h4-7,12H,8-9,16-17H2,1-3H3. The van der Waals surface area contributed by atoms with Crippen molar-refractivity contribution >= 4 is 11.7 Å². The molecule has 1 saturated carbocycles. The van der Waals surface area contributed by atoms with E-state index in [1.54, 1.807) is 0 Å². The number of hydrogen-bond acceptors (Lipinski definition) is 4.